The van der Waals surface area contributed by atoms with Gasteiger partial charge in [-0.2, -0.15) is 0 Å². The largest absolute Gasteiger partial charge is 0.492 e. The van der Waals surface area contributed by atoms with Crippen LogP contribution in [0, 0.1) is 5.92 Å². The zero-order chi connectivity index (χ0) is 15.7. The van der Waals surface area contributed by atoms with E-state index in [4.69, 9.17) is 9.47 Å². The Labute approximate surface area is 139 Å². The lowest BCUT2D eigenvalue weighted by atomic mass is 9.83. The van der Waals surface area contributed by atoms with Crippen molar-refractivity contribution < 1.29 is 19.5 Å². The van der Waals surface area contributed by atoms with E-state index in [1.165, 1.54) is 4.90 Å². The molecule has 0 aliphatic carbocycles. The monoisotopic (exact) mass is 368 g/mol. The minimum atomic E-state index is -0.311. The highest BCUT2D eigenvalue weighted by Crippen LogP contribution is 2.37. The van der Waals surface area contributed by atoms with Gasteiger partial charge in [0.2, 0.25) is 0 Å². The number of methoxy groups -OCH3 is 1. The first-order valence-electron chi connectivity index (χ1n) is 7.89. The number of fused-ring (bicyclic) bond motifs is 3. The van der Waals surface area contributed by atoms with E-state index in [-0.39, 0.29) is 6.10 Å². The number of hydrogen-bond donors (Lipinski definition) is 2. The van der Waals surface area contributed by atoms with Gasteiger partial charge in [0.05, 0.1) is 31.3 Å². The third-order valence-corrected chi connectivity index (χ3v) is 5.25. The predicted octanol–water partition coefficient (Wildman–Crippen LogP) is 1.87. The molecule has 5 heteroatoms. The summed E-state index contributed by atoms with van der Waals surface area (Å²) < 4.78 is 11.9. The van der Waals surface area contributed by atoms with Crippen LogP contribution in [0.3, 0.4) is 0 Å². The van der Waals surface area contributed by atoms with E-state index in [1.807, 2.05) is 19.1 Å². The van der Waals surface area contributed by atoms with Gasteiger partial charge in [-0.15, -0.1) is 0 Å². The van der Waals surface area contributed by atoms with Gasteiger partial charge in [-0.05, 0) is 40.5 Å². The number of ether oxygens (including phenoxy) is 2. The van der Waals surface area contributed by atoms with E-state index >= 15 is 0 Å². The quantitative estimate of drug-likeness (QED) is 0.852. The summed E-state index contributed by atoms with van der Waals surface area (Å²) in [5, 5.41) is 10.5. The van der Waals surface area contributed by atoms with Gasteiger partial charge < -0.3 is 19.5 Å². The number of piperidine rings is 3. The lowest BCUT2D eigenvalue weighted by Crippen LogP contribution is -3.14. The topological polar surface area (TPSA) is 43.1 Å². The van der Waals surface area contributed by atoms with E-state index in [2.05, 4.69) is 22.0 Å². The van der Waals surface area contributed by atoms with Gasteiger partial charge in [-0.3, -0.25) is 0 Å². The molecule has 0 spiro atoms. The molecule has 3 aliphatic heterocycles. The molecule has 2 bridgehead atoms. The Morgan fingerprint density at radius 1 is 1.36 bits per heavy atom. The zero-order valence-electron chi connectivity index (χ0n) is 13.1. The fraction of sp³-hybridized carbons (Fsp3) is 0.529. The van der Waals surface area contributed by atoms with E-state index < -0.39 is 0 Å². The Bertz CT molecular complexity index is 576. The van der Waals surface area contributed by atoms with Gasteiger partial charge in [0.25, 0.3) is 0 Å². The van der Waals surface area contributed by atoms with Gasteiger partial charge in [0, 0.05) is 24.8 Å². The van der Waals surface area contributed by atoms with E-state index in [0.29, 0.717) is 18.3 Å². The molecule has 1 atom stereocenters. The summed E-state index contributed by atoms with van der Waals surface area (Å²) in [6.07, 6.45) is 4.06. The normalized spacial score (nSPS) is 28.9. The number of aliphatic hydroxyl groups is 1. The van der Waals surface area contributed by atoms with Gasteiger partial charge in [-0.1, -0.05) is 0 Å². The highest BCUT2D eigenvalue weighted by atomic mass is 79.9. The van der Waals surface area contributed by atoms with Crippen LogP contribution in [0.15, 0.2) is 22.3 Å². The van der Waals surface area contributed by atoms with Crippen LogP contribution in [0.25, 0.3) is 6.08 Å². The summed E-state index contributed by atoms with van der Waals surface area (Å²) >= 11 is 3.55. The molecular weight excluding hydrogens is 346 g/mol. The molecule has 2 N–H and O–H groups in total. The lowest BCUT2D eigenvalue weighted by Gasteiger charge is -2.41. The van der Waals surface area contributed by atoms with Crippen LogP contribution in [-0.4, -0.2) is 38.0 Å². The van der Waals surface area contributed by atoms with Crippen LogP contribution in [0.2, 0.25) is 0 Å². The van der Waals surface area contributed by atoms with Crippen molar-refractivity contribution in [1.29, 1.82) is 0 Å². The Hall–Kier alpha value is -1.04. The number of aliphatic hydroxyl groups excluding tert-OH is 1. The first-order chi connectivity index (χ1) is 10.6. The zero-order valence-corrected chi connectivity index (χ0v) is 14.6. The molecule has 0 amide bonds. The molecule has 3 saturated heterocycles. The number of benzene rings is 1. The van der Waals surface area contributed by atoms with Crippen LogP contribution in [0.5, 0.6) is 11.5 Å². The molecule has 4 rings (SSSR count). The number of hydrogen-bond acceptors (Lipinski definition) is 3. The maximum atomic E-state index is 10.5. The summed E-state index contributed by atoms with van der Waals surface area (Å²) in [7, 11) is 1.64. The minimum Gasteiger partial charge on any atom is -0.492 e. The molecule has 22 heavy (non-hydrogen) atoms. The Morgan fingerprint density at radius 3 is 2.68 bits per heavy atom. The summed E-state index contributed by atoms with van der Waals surface area (Å²) in [5.41, 5.74) is 2.15. The fourth-order valence-electron chi connectivity index (χ4n) is 3.56. The van der Waals surface area contributed by atoms with Crippen LogP contribution in [0.4, 0.5) is 0 Å². The Morgan fingerprint density at radius 2 is 2.09 bits per heavy atom. The number of halogens is 1. The van der Waals surface area contributed by atoms with Crippen molar-refractivity contribution in [2.24, 2.45) is 5.92 Å². The molecule has 4 nitrogen and oxygen atoms in total. The smallest absolute Gasteiger partial charge is 0.174 e. The molecule has 3 heterocycles. The summed E-state index contributed by atoms with van der Waals surface area (Å²) in [6.45, 7) is 4.80. The lowest BCUT2D eigenvalue weighted by molar-refractivity contribution is -0.880. The molecule has 0 saturated carbocycles. The van der Waals surface area contributed by atoms with Gasteiger partial charge in [0.15, 0.2) is 11.5 Å². The van der Waals surface area contributed by atoms with Gasteiger partial charge in [-0.25, -0.2) is 0 Å². The van der Waals surface area contributed by atoms with Crippen LogP contribution >= 0.6 is 15.9 Å². The maximum absolute atomic E-state index is 10.5. The van der Waals surface area contributed by atoms with Crippen molar-refractivity contribution in [2.75, 3.05) is 26.8 Å². The highest BCUT2D eigenvalue weighted by molar-refractivity contribution is 9.10. The van der Waals surface area contributed by atoms with Crippen molar-refractivity contribution in [3.05, 3.63) is 27.9 Å². The van der Waals surface area contributed by atoms with E-state index in [9.17, 15) is 5.11 Å². The molecule has 0 aromatic heterocycles. The molecule has 1 aromatic carbocycles. The molecular formula is C17H23BrNO3+. The third-order valence-electron chi connectivity index (χ3n) is 4.67. The van der Waals surface area contributed by atoms with Crippen LogP contribution in [0.1, 0.15) is 25.3 Å². The average Bonchev–Trinajstić information content (AvgIpc) is 2.51. The van der Waals surface area contributed by atoms with Crippen molar-refractivity contribution in [3.8, 4) is 11.5 Å². The Kier molecular flexibility index (Phi) is 4.76. The molecule has 3 aliphatic rings. The first-order valence-corrected chi connectivity index (χ1v) is 8.68. The standard InChI is InChI=1S/C17H22BrNO3/c1-3-22-15-10-11(8-13(18)17(15)21-2)9-14-16(20)12-4-6-19(14)7-5-12/h8-10,12,16,20H,3-7H2,1-2H3/p+1/b14-9+/t16-/m0/s1. The SMILES string of the molecule is CCOc1cc(/C=C2\[C@@H](O)C3CC[NH+]2CC3)cc(Br)c1OC. The first kappa shape index (κ1) is 15.8. The second kappa shape index (κ2) is 6.60. The molecule has 120 valence electrons. The second-order valence-electron chi connectivity index (χ2n) is 5.95. The van der Waals surface area contributed by atoms with Crippen molar-refractivity contribution in [1.82, 2.24) is 0 Å². The number of quaternary nitrogens is 1. The Balaban J connectivity index is 1.96. The van der Waals surface area contributed by atoms with Gasteiger partial charge >= 0.3 is 0 Å². The summed E-state index contributed by atoms with van der Waals surface area (Å²) in [6, 6.07) is 4.00. The van der Waals surface area contributed by atoms with Gasteiger partial charge in [0.1, 0.15) is 11.8 Å². The molecule has 0 radical (unpaired) electrons. The van der Waals surface area contributed by atoms with Crippen molar-refractivity contribution in [3.63, 3.8) is 0 Å². The molecule has 0 unspecified atom stereocenters. The molecule has 3 fully saturated rings. The maximum Gasteiger partial charge on any atom is 0.174 e. The van der Waals surface area contributed by atoms with Crippen molar-refractivity contribution >= 4 is 22.0 Å². The third kappa shape index (κ3) is 2.90. The second-order valence-corrected chi connectivity index (χ2v) is 6.81. The van der Waals surface area contributed by atoms with E-state index in [0.717, 1.165) is 47.4 Å². The van der Waals surface area contributed by atoms with Crippen LogP contribution < -0.4 is 14.4 Å². The average molecular weight is 369 g/mol. The number of rotatable bonds is 4. The summed E-state index contributed by atoms with van der Waals surface area (Å²) in [4.78, 5) is 1.42. The predicted molar refractivity (Wildman–Crippen MR) is 89.3 cm³/mol. The fourth-order valence-corrected chi connectivity index (χ4v) is 4.18. The van der Waals surface area contributed by atoms with E-state index in [1.54, 1.807) is 7.11 Å². The number of nitrogens with one attached hydrogen (secondary N) is 1. The minimum absolute atomic E-state index is 0.311. The summed E-state index contributed by atoms with van der Waals surface area (Å²) in [5.74, 6) is 1.87. The van der Waals surface area contributed by atoms with Crippen molar-refractivity contribution in [2.45, 2.75) is 25.9 Å². The highest BCUT2D eigenvalue weighted by Gasteiger charge is 2.41. The molecule has 1 aromatic rings. The van der Waals surface area contributed by atoms with Crippen LogP contribution in [-0.2, 0) is 0 Å².